The molecule has 0 unspecified atom stereocenters. The zero-order chi connectivity index (χ0) is 14.1. The van der Waals surface area contributed by atoms with Gasteiger partial charge in [-0.3, -0.25) is 0 Å². The highest BCUT2D eigenvalue weighted by atomic mass is 16.4. The maximum Gasteiger partial charge on any atom is 0.243 e. The van der Waals surface area contributed by atoms with Crippen LogP contribution in [0.4, 0.5) is 0 Å². The van der Waals surface area contributed by atoms with Crippen molar-refractivity contribution in [2.45, 2.75) is 58.4 Å². The van der Waals surface area contributed by atoms with Gasteiger partial charge >= 0.3 is 0 Å². The molecular weight excluding hydrogens is 240 g/mol. The number of imidazole rings is 1. The number of carbonyl (C=O) groups excluding carboxylic acids is 1. The summed E-state index contributed by atoms with van der Waals surface area (Å²) in [4.78, 5) is 10.2. The average Bonchev–Trinajstić information content (AvgIpc) is 2.84. The molecular formula is C15H26N2O2. The third-order valence-corrected chi connectivity index (χ3v) is 3.53. The molecule has 1 heterocycles. The number of carboxylic acids is 1. The number of aliphatic carboxylic acids is 1. The van der Waals surface area contributed by atoms with Crippen LogP contribution in [0.25, 0.3) is 0 Å². The molecule has 2 rings (SSSR count). The Bertz CT molecular complexity index is 368. The van der Waals surface area contributed by atoms with Gasteiger partial charge in [0.05, 0.1) is 13.6 Å². The molecule has 19 heavy (non-hydrogen) atoms. The Morgan fingerprint density at radius 1 is 1.37 bits per heavy atom. The minimum Gasteiger partial charge on any atom is -0.550 e. The second-order valence-electron chi connectivity index (χ2n) is 5.32. The Morgan fingerprint density at radius 2 is 2.05 bits per heavy atom. The Balaban J connectivity index is 0.000000191. The standard InChI is InChI=1S/C8H15N2.C7H12O2/c1-3-4-5-10-7-6-9(2)8-10;8-7(9)6-4-2-1-3-5-6/h6-8H,3-5H2,1-2H3;6H,1-5H2,(H,8,9)/q+1;/p-1. The summed E-state index contributed by atoms with van der Waals surface area (Å²) in [7, 11) is 2.04. The van der Waals surface area contributed by atoms with Crippen LogP contribution in [-0.4, -0.2) is 10.5 Å². The molecule has 1 aromatic heterocycles. The van der Waals surface area contributed by atoms with Gasteiger partial charge in [-0.15, -0.1) is 0 Å². The van der Waals surface area contributed by atoms with Crippen molar-refractivity contribution < 1.29 is 14.5 Å². The maximum atomic E-state index is 10.2. The van der Waals surface area contributed by atoms with Crippen molar-refractivity contribution in [3.63, 3.8) is 0 Å². The molecule has 1 aliphatic carbocycles. The highest BCUT2D eigenvalue weighted by molar-refractivity contribution is 5.67. The predicted molar refractivity (Wildman–Crippen MR) is 72.1 cm³/mol. The predicted octanol–water partition coefficient (Wildman–Crippen LogP) is 1.43. The molecule has 108 valence electrons. The van der Waals surface area contributed by atoms with Crippen molar-refractivity contribution in [3.05, 3.63) is 18.7 Å². The van der Waals surface area contributed by atoms with Gasteiger partial charge in [-0.05, 0) is 25.2 Å². The van der Waals surface area contributed by atoms with Crippen LogP contribution in [0.5, 0.6) is 0 Å². The van der Waals surface area contributed by atoms with Crippen LogP contribution < -0.4 is 9.67 Å². The molecule has 0 radical (unpaired) electrons. The number of carbonyl (C=O) groups is 1. The van der Waals surface area contributed by atoms with Crippen LogP contribution in [0.1, 0.15) is 51.9 Å². The largest absolute Gasteiger partial charge is 0.550 e. The summed E-state index contributed by atoms with van der Waals surface area (Å²) < 4.78 is 4.28. The highest BCUT2D eigenvalue weighted by Gasteiger charge is 2.13. The van der Waals surface area contributed by atoms with Gasteiger partial charge in [0, 0.05) is 5.97 Å². The van der Waals surface area contributed by atoms with E-state index in [4.69, 9.17) is 0 Å². The Hall–Kier alpha value is -1.32. The summed E-state index contributed by atoms with van der Waals surface area (Å²) >= 11 is 0. The van der Waals surface area contributed by atoms with Gasteiger partial charge in [-0.1, -0.05) is 32.6 Å². The van der Waals surface area contributed by atoms with Crippen LogP contribution >= 0.6 is 0 Å². The van der Waals surface area contributed by atoms with Crippen molar-refractivity contribution in [3.8, 4) is 0 Å². The number of hydrogen-bond donors (Lipinski definition) is 0. The molecule has 0 saturated heterocycles. The first-order valence-electron chi connectivity index (χ1n) is 7.35. The number of hydrogen-bond acceptors (Lipinski definition) is 2. The molecule has 1 fully saturated rings. The molecule has 0 amide bonds. The van der Waals surface area contributed by atoms with E-state index in [-0.39, 0.29) is 5.92 Å². The van der Waals surface area contributed by atoms with Gasteiger partial charge in [-0.2, -0.15) is 0 Å². The lowest BCUT2D eigenvalue weighted by Gasteiger charge is -2.21. The van der Waals surface area contributed by atoms with Gasteiger partial charge < -0.3 is 9.90 Å². The number of rotatable bonds is 4. The van der Waals surface area contributed by atoms with E-state index in [0.717, 1.165) is 32.2 Å². The van der Waals surface area contributed by atoms with Crippen LogP contribution in [-0.2, 0) is 18.4 Å². The number of carboxylic acid groups (broad SMARTS) is 1. The fourth-order valence-corrected chi connectivity index (χ4v) is 2.31. The Kier molecular flexibility index (Phi) is 7.23. The van der Waals surface area contributed by atoms with Crippen molar-refractivity contribution in [2.75, 3.05) is 0 Å². The second kappa shape index (κ2) is 8.73. The minimum absolute atomic E-state index is 0.140. The molecule has 4 heteroatoms. The van der Waals surface area contributed by atoms with E-state index in [1.807, 2.05) is 7.05 Å². The Morgan fingerprint density at radius 3 is 2.47 bits per heavy atom. The molecule has 0 bridgehead atoms. The third kappa shape index (κ3) is 6.41. The lowest BCUT2D eigenvalue weighted by atomic mass is 9.90. The molecule has 0 aromatic carbocycles. The number of aryl methyl sites for hydroxylation is 2. The van der Waals surface area contributed by atoms with Crippen molar-refractivity contribution >= 4 is 5.97 Å². The van der Waals surface area contributed by atoms with Crippen molar-refractivity contribution in [1.82, 2.24) is 4.57 Å². The molecule has 0 aliphatic heterocycles. The van der Waals surface area contributed by atoms with Crippen molar-refractivity contribution in [2.24, 2.45) is 13.0 Å². The zero-order valence-corrected chi connectivity index (χ0v) is 12.2. The summed E-state index contributed by atoms with van der Waals surface area (Å²) in [5, 5.41) is 10.2. The molecule has 1 aromatic rings. The molecule has 0 atom stereocenters. The van der Waals surface area contributed by atoms with Crippen LogP contribution in [0.15, 0.2) is 18.7 Å². The normalized spacial score (nSPS) is 15.7. The smallest absolute Gasteiger partial charge is 0.243 e. The van der Waals surface area contributed by atoms with E-state index >= 15 is 0 Å². The van der Waals surface area contributed by atoms with Gasteiger partial charge in [0.25, 0.3) is 0 Å². The van der Waals surface area contributed by atoms with E-state index in [0.29, 0.717) is 0 Å². The van der Waals surface area contributed by atoms with E-state index in [1.54, 1.807) is 0 Å². The Labute approximate surface area is 116 Å². The van der Waals surface area contributed by atoms with Crippen molar-refractivity contribution in [1.29, 1.82) is 0 Å². The van der Waals surface area contributed by atoms with Crippen LogP contribution in [0, 0.1) is 5.92 Å². The number of unbranched alkanes of at least 4 members (excludes halogenated alkanes) is 1. The number of aromatic nitrogens is 2. The first kappa shape index (κ1) is 15.7. The first-order chi connectivity index (χ1) is 9.13. The quantitative estimate of drug-likeness (QED) is 0.774. The van der Waals surface area contributed by atoms with E-state index in [9.17, 15) is 9.90 Å². The first-order valence-corrected chi connectivity index (χ1v) is 7.35. The summed E-state index contributed by atoms with van der Waals surface area (Å²) in [6.45, 7) is 3.36. The summed E-state index contributed by atoms with van der Waals surface area (Å²) in [5.41, 5.74) is 0. The fraction of sp³-hybridized carbons (Fsp3) is 0.733. The molecule has 0 spiro atoms. The second-order valence-corrected chi connectivity index (χ2v) is 5.32. The van der Waals surface area contributed by atoms with Gasteiger partial charge in [-0.25, -0.2) is 9.13 Å². The average molecular weight is 266 g/mol. The van der Waals surface area contributed by atoms with Gasteiger partial charge in [0.15, 0.2) is 0 Å². The molecule has 1 aliphatic rings. The topological polar surface area (TPSA) is 48.9 Å². The summed E-state index contributed by atoms with van der Waals surface area (Å²) in [6, 6.07) is 0. The highest BCUT2D eigenvalue weighted by Crippen LogP contribution is 2.22. The van der Waals surface area contributed by atoms with Crippen LogP contribution in [0.3, 0.4) is 0 Å². The minimum atomic E-state index is -0.852. The summed E-state index contributed by atoms with van der Waals surface area (Å²) in [6.07, 6.45) is 13.8. The maximum absolute atomic E-state index is 10.2. The number of nitrogens with zero attached hydrogens (tertiary/aromatic N) is 2. The molecule has 4 nitrogen and oxygen atoms in total. The third-order valence-electron chi connectivity index (χ3n) is 3.53. The van der Waals surface area contributed by atoms with E-state index in [1.165, 1.54) is 19.3 Å². The summed E-state index contributed by atoms with van der Waals surface area (Å²) in [5.74, 6) is -0.992. The fourth-order valence-electron chi connectivity index (χ4n) is 2.31. The molecule has 1 saturated carbocycles. The lowest BCUT2D eigenvalue weighted by molar-refractivity contribution is -0.696. The zero-order valence-electron chi connectivity index (χ0n) is 12.2. The molecule has 0 N–H and O–H groups in total. The monoisotopic (exact) mass is 266 g/mol. The van der Waals surface area contributed by atoms with Gasteiger partial charge in [0.1, 0.15) is 12.4 Å². The van der Waals surface area contributed by atoms with Crippen LogP contribution in [0.2, 0.25) is 0 Å². The van der Waals surface area contributed by atoms with Gasteiger partial charge in [0.2, 0.25) is 6.33 Å². The van der Waals surface area contributed by atoms with E-state index in [2.05, 4.69) is 34.8 Å². The van der Waals surface area contributed by atoms with E-state index < -0.39 is 5.97 Å². The SMILES string of the molecule is CCCC[n+]1ccn(C)c1.O=C([O-])C1CCCCC1. The lowest BCUT2D eigenvalue weighted by Crippen LogP contribution is -2.32.